The van der Waals surface area contributed by atoms with E-state index in [9.17, 15) is 0 Å². The molecule has 0 bridgehead atoms. The molecule has 0 radical (unpaired) electrons. The molecule has 0 aromatic carbocycles. The first-order valence-corrected chi connectivity index (χ1v) is 14.4. The molecule has 0 spiro atoms. The Morgan fingerprint density at radius 1 is 0.667 bits per heavy atom. The Morgan fingerprint density at radius 2 is 0.933 bits per heavy atom. The van der Waals surface area contributed by atoms with Crippen molar-refractivity contribution in [2.45, 2.75) is 39.3 Å². The predicted octanol–water partition coefficient (Wildman–Crippen LogP) is 2.80. The van der Waals surface area contributed by atoms with E-state index in [-0.39, 0.29) is 0 Å². The fourth-order valence-electron chi connectivity index (χ4n) is 1.02. The first-order valence-electron chi connectivity index (χ1n) is 5.04. The van der Waals surface area contributed by atoms with Gasteiger partial charge in [0.1, 0.15) is 0 Å². The third-order valence-corrected chi connectivity index (χ3v) is 12.7. The molecule has 15 heavy (non-hydrogen) atoms. The van der Waals surface area contributed by atoms with Crippen molar-refractivity contribution in [2.75, 3.05) is 14.2 Å². The van der Waals surface area contributed by atoms with Crippen molar-refractivity contribution in [3.8, 4) is 0 Å². The van der Waals surface area contributed by atoms with Gasteiger partial charge < -0.3 is 0 Å². The molecule has 0 N–H and O–H groups in total. The summed E-state index contributed by atoms with van der Waals surface area (Å²) in [6, 6.07) is 0. The van der Waals surface area contributed by atoms with Crippen molar-refractivity contribution in [3.63, 3.8) is 0 Å². The third kappa shape index (κ3) is 7.01. The Labute approximate surface area is 101 Å². The van der Waals surface area contributed by atoms with E-state index in [1.165, 1.54) is 0 Å². The van der Waals surface area contributed by atoms with Gasteiger partial charge in [-0.15, -0.1) is 0 Å². The van der Waals surface area contributed by atoms with Crippen LogP contribution in [0.15, 0.2) is 0 Å². The monoisotopic (exact) mass is 288 g/mol. The Balaban J connectivity index is 4.74. The van der Waals surface area contributed by atoms with E-state index < -0.39 is 34.8 Å². The molecule has 4 nitrogen and oxygen atoms in total. The molecule has 7 heteroatoms. The molecule has 0 amide bonds. The quantitative estimate of drug-likeness (QED) is 0.704. The molecule has 0 fully saturated rings. The minimum absolute atomic E-state index is 1.61. The van der Waals surface area contributed by atoms with Gasteiger partial charge in [0.05, 0.1) is 0 Å². The van der Waals surface area contributed by atoms with Gasteiger partial charge >= 0.3 is 101 Å². The number of rotatable bonds is 6. The van der Waals surface area contributed by atoms with Crippen molar-refractivity contribution in [2.24, 2.45) is 0 Å². The van der Waals surface area contributed by atoms with E-state index in [1.54, 1.807) is 14.2 Å². The van der Waals surface area contributed by atoms with E-state index in [2.05, 4.69) is 39.3 Å². The molecule has 0 aromatic rings. The summed E-state index contributed by atoms with van der Waals surface area (Å²) in [6.07, 6.45) is 0. The van der Waals surface area contributed by atoms with Gasteiger partial charge in [-0.25, -0.2) is 0 Å². The second-order valence-corrected chi connectivity index (χ2v) is 18.9. The second-order valence-electron chi connectivity index (χ2n) is 5.34. The fraction of sp³-hybridized carbons (Fsp3) is 1.00. The summed E-state index contributed by atoms with van der Waals surface area (Å²) in [5.41, 5.74) is 0. The summed E-state index contributed by atoms with van der Waals surface area (Å²) in [4.78, 5) is 0. The number of hydrogen-bond acceptors (Lipinski definition) is 4. The maximum atomic E-state index is 5.99. The Kier molecular flexibility index (Phi) is 5.92. The molecular weight excluding hydrogens is 264 g/mol. The first-order chi connectivity index (χ1) is 6.54. The Morgan fingerprint density at radius 3 is 1.07 bits per heavy atom. The average Bonchev–Trinajstić information content (AvgIpc) is 1.98. The van der Waals surface area contributed by atoms with Gasteiger partial charge in [-0.05, 0) is 0 Å². The van der Waals surface area contributed by atoms with Gasteiger partial charge in [-0.3, -0.25) is 0 Å². The Bertz CT molecular complexity index is 178. The summed E-state index contributed by atoms with van der Waals surface area (Å²) in [5.74, 6) is 0. The molecule has 0 saturated heterocycles. The molecule has 0 aliphatic rings. The van der Waals surface area contributed by atoms with E-state index in [0.29, 0.717) is 0 Å². The fourth-order valence-corrected chi connectivity index (χ4v) is 12.5. The van der Waals surface area contributed by atoms with Gasteiger partial charge in [0.15, 0.2) is 0 Å². The third-order valence-electron chi connectivity index (χ3n) is 1.36. The maximum absolute atomic E-state index is 5.99. The van der Waals surface area contributed by atoms with Crippen LogP contribution in [-0.4, -0.2) is 30.9 Å². The second kappa shape index (κ2) is 5.55. The summed E-state index contributed by atoms with van der Waals surface area (Å²) >= 11 is -3.44. The number of hydrogen-bond donors (Lipinski definition) is 0. The van der Waals surface area contributed by atoms with Crippen LogP contribution in [0.2, 0.25) is 39.3 Å². The van der Waals surface area contributed by atoms with Crippen LogP contribution in [-0.2, 0) is 30.8 Å². The van der Waals surface area contributed by atoms with Gasteiger partial charge in [-0.2, -0.15) is 0 Å². The molecule has 0 heterocycles. The van der Waals surface area contributed by atoms with Crippen molar-refractivity contribution >= 4 is 16.6 Å². The van der Waals surface area contributed by atoms with Crippen LogP contribution in [0.4, 0.5) is 0 Å². The van der Waals surface area contributed by atoms with Crippen LogP contribution in [0, 0.1) is 0 Å². The molecule has 0 saturated carbocycles. The van der Waals surface area contributed by atoms with E-state index in [0.717, 1.165) is 0 Å². The molecule has 92 valence electrons. The summed E-state index contributed by atoms with van der Waals surface area (Å²) in [7, 11) is -0.178. The van der Waals surface area contributed by atoms with Crippen molar-refractivity contribution in [3.05, 3.63) is 0 Å². The molecule has 0 rings (SSSR count). The minimum atomic E-state index is -3.44. The van der Waals surface area contributed by atoms with Crippen LogP contribution < -0.4 is 0 Å². The topological polar surface area (TPSA) is 36.9 Å². The summed E-state index contributed by atoms with van der Waals surface area (Å²) in [6.45, 7) is 12.7. The molecule has 0 unspecified atom stereocenters. The SMILES string of the molecule is C[O][Ti]([O]C)([O][Si](C)(C)C)[O][Si](C)(C)C. The normalized spacial score (nSPS) is 14.4. The summed E-state index contributed by atoms with van der Waals surface area (Å²) < 4.78 is 22.8. The standard InChI is InChI=1S/2C3H9OSi.2CH3O.Ti/c2*1-5(2,3)4;2*1-2;/h2*1-3H3;2*1H3;/q4*-1;+4. The average molecular weight is 288 g/mol. The van der Waals surface area contributed by atoms with Crippen LogP contribution in [0.5, 0.6) is 0 Å². The Hall–Kier alpha value is 0.988. The van der Waals surface area contributed by atoms with Gasteiger partial charge in [-0.1, -0.05) is 0 Å². The zero-order valence-electron chi connectivity index (χ0n) is 11.1. The molecule has 0 atom stereocenters. The molecule has 0 aromatic heterocycles. The van der Waals surface area contributed by atoms with Gasteiger partial charge in [0.2, 0.25) is 0 Å². The summed E-state index contributed by atoms with van der Waals surface area (Å²) in [5, 5.41) is 0. The predicted molar refractivity (Wildman–Crippen MR) is 62.9 cm³/mol. The van der Waals surface area contributed by atoms with E-state index in [1.807, 2.05) is 0 Å². The van der Waals surface area contributed by atoms with Crippen molar-refractivity contribution in [1.29, 1.82) is 0 Å². The van der Waals surface area contributed by atoms with Crippen LogP contribution in [0.25, 0.3) is 0 Å². The van der Waals surface area contributed by atoms with Crippen molar-refractivity contribution in [1.82, 2.24) is 0 Å². The van der Waals surface area contributed by atoms with Crippen LogP contribution in [0.3, 0.4) is 0 Å². The van der Waals surface area contributed by atoms with Crippen LogP contribution in [0.1, 0.15) is 0 Å². The van der Waals surface area contributed by atoms with Gasteiger partial charge in [0.25, 0.3) is 0 Å². The van der Waals surface area contributed by atoms with Crippen LogP contribution >= 0.6 is 0 Å². The zero-order valence-corrected chi connectivity index (χ0v) is 14.7. The van der Waals surface area contributed by atoms with Gasteiger partial charge in [0, 0.05) is 0 Å². The molecule has 0 aliphatic carbocycles. The van der Waals surface area contributed by atoms with E-state index in [4.69, 9.17) is 12.7 Å². The van der Waals surface area contributed by atoms with Crippen molar-refractivity contribution < 1.29 is 30.8 Å². The molecular formula is C8H24O4Si2Ti. The first kappa shape index (κ1) is 16.0. The zero-order chi connectivity index (χ0) is 12.3. The molecule has 0 aliphatic heterocycles. The van der Waals surface area contributed by atoms with E-state index >= 15 is 0 Å².